The van der Waals surface area contributed by atoms with Crippen LogP contribution in [0.15, 0.2) is 0 Å². The molecule has 1 N–H and O–H groups in total. The SMILES string of the molecule is CC(C)(C)OC(=O)[C@H]1CCCN(C(=O)OC(C)(C)C)[C@@H]1CO. The van der Waals surface area contributed by atoms with Gasteiger partial charge in [0.2, 0.25) is 0 Å². The zero-order chi connectivity index (χ0) is 17.1. The van der Waals surface area contributed by atoms with Gasteiger partial charge in [-0.15, -0.1) is 0 Å². The number of aliphatic hydroxyl groups is 1. The van der Waals surface area contributed by atoms with Crippen molar-refractivity contribution in [2.75, 3.05) is 13.2 Å². The Morgan fingerprint density at radius 3 is 2.09 bits per heavy atom. The van der Waals surface area contributed by atoms with Crippen LogP contribution in [0.1, 0.15) is 54.4 Å². The fourth-order valence-corrected chi connectivity index (χ4v) is 2.48. The number of piperidine rings is 1. The van der Waals surface area contributed by atoms with E-state index in [2.05, 4.69) is 0 Å². The highest BCUT2D eigenvalue weighted by molar-refractivity contribution is 5.76. The molecule has 0 saturated carbocycles. The molecule has 0 unspecified atom stereocenters. The molecule has 2 atom stereocenters. The van der Waals surface area contributed by atoms with Gasteiger partial charge in [-0.05, 0) is 54.4 Å². The van der Waals surface area contributed by atoms with Crippen molar-refractivity contribution in [3.63, 3.8) is 0 Å². The van der Waals surface area contributed by atoms with Gasteiger partial charge in [0.1, 0.15) is 11.2 Å². The number of esters is 1. The minimum Gasteiger partial charge on any atom is -0.460 e. The average molecular weight is 315 g/mol. The highest BCUT2D eigenvalue weighted by Crippen LogP contribution is 2.28. The Balaban J connectivity index is 2.85. The number of rotatable bonds is 2. The Hall–Kier alpha value is -1.30. The summed E-state index contributed by atoms with van der Waals surface area (Å²) in [6.45, 7) is 10.9. The van der Waals surface area contributed by atoms with Crippen LogP contribution in [0.25, 0.3) is 0 Å². The highest BCUT2D eigenvalue weighted by atomic mass is 16.6. The Morgan fingerprint density at radius 1 is 1.09 bits per heavy atom. The molecular weight excluding hydrogens is 286 g/mol. The van der Waals surface area contributed by atoms with Crippen molar-refractivity contribution in [1.29, 1.82) is 0 Å². The normalized spacial score (nSPS) is 23.1. The molecule has 1 saturated heterocycles. The zero-order valence-electron chi connectivity index (χ0n) is 14.5. The van der Waals surface area contributed by atoms with Gasteiger partial charge in [-0.25, -0.2) is 4.79 Å². The van der Waals surface area contributed by atoms with Crippen LogP contribution in [0.3, 0.4) is 0 Å². The molecule has 1 heterocycles. The fraction of sp³-hybridized carbons (Fsp3) is 0.875. The van der Waals surface area contributed by atoms with Gasteiger partial charge in [0.15, 0.2) is 0 Å². The summed E-state index contributed by atoms with van der Waals surface area (Å²) in [7, 11) is 0. The van der Waals surface area contributed by atoms with Gasteiger partial charge in [0.25, 0.3) is 0 Å². The summed E-state index contributed by atoms with van der Waals surface area (Å²) in [6, 6.07) is -0.599. The molecule has 1 aliphatic rings. The minimum absolute atomic E-state index is 0.289. The number of aliphatic hydroxyl groups excluding tert-OH is 1. The lowest BCUT2D eigenvalue weighted by Crippen LogP contribution is -2.54. The van der Waals surface area contributed by atoms with Crippen LogP contribution < -0.4 is 0 Å². The molecule has 1 rings (SSSR count). The topological polar surface area (TPSA) is 76.1 Å². The lowest BCUT2D eigenvalue weighted by Gasteiger charge is -2.40. The highest BCUT2D eigenvalue weighted by Gasteiger charge is 2.41. The standard InChI is InChI=1S/C16H29NO5/c1-15(2,3)21-13(19)11-8-7-9-17(12(11)10-18)14(20)22-16(4,5)6/h11-12,18H,7-10H2,1-6H3/t11-,12+/m0/s1. The summed E-state index contributed by atoms with van der Waals surface area (Å²) in [6.07, 6.45) is 0.777. The van der Waals surface area contributed by atoms with Crippen molar-refractivity contribution in [3.8, 4) is 0 Å². The van der Waals surface area contributed by atoms with E-state index in [1.807, 2.05) is 0 Å². The van der Waals surface area contributed by atoms with Crippen LogP contribution in [0.2, 0.25) is 0 Å². The van der Waals surface area contributed by atoms with Crippen molar-refractivity contribution in [2.24, 2.45) is 5.92 Å². The first kappa shape index (κ1) is 18.7. The molecule has 6 heteroatoms. The molecule has 22 heavy (non-hydrogen) atoms. The monoisotopic (exact) mass is 315 g/mol. The third kappa shape index (κ3) is 5.48. The van der Waals surface area contributed by atoms with E-state index < -0.39 is 29.3 Å². The number of carbonyl (C=O) groups excluding carboxylic acids is 2. The summed E-state index contributed by atoms with van der Waals surface area (Å²) in [5.74, 6) is -0.898. The van der Waals surface area contributed by atoms with Crippen molar-refractivity contribution in [1.82, 2.24) is 4.90 Å². The number of hydrogen-bond donors (Lipinski definition) is 1. The second kappa shape index (κ2) is 6.86. The third-order valence-corrected chi connectivity index (χ3v) is 3.30. The summed E-state index contributed by atoms with van der Waals surface area (Å²) in [5.41, 5.74) is -1.21. The molecule has 0 bridgehead atoms. The molecule has 0 radical (unpaired) electrons. The van der Waals surface area contributed by atoms with E-state index in [0.717, 1.165) is 0 Å². The average Bonchev–Trinajstić information content (AvgIpc) is 2.33. The number of likely N-dealkylation sites (tertiary alicyclic amines) is 1. The van der Waals surface area contributed by atoms with E-state index in [0.29, 0.717) is 19.4 Å². The molecule has 0 aliphatic carbocycles. The summed E-state index contributed by atoms with van der Waals surface area (Å²) in [4.78, 5) is 26.0. The first-order valence-corrected chi connectivity index (χ1v) is 7.78. The Labute approximate surface area is 132 Å². The quantitative estimate of drug-likeness (QED) is 0.792. The molecule has 1 amide bonds. The number of ether oxygens (including phenoxy) is 2. The first-order valence-electron chi connectivity index (χ1n) is 7.78. The zero-order valence-corrected chi connectivity index (χ0v) is 14.5. The first-order chi connectivity index (χ1) is 9.94. The van der Waals surface area contributed by atoms with E-state index in [1.54, 1.807) is 41.5 Å². The molecule has 1 aliphatic heterocycles. The number of hydrogen-bond acceptors (Lipinski definition) is 5. The predicted octanol–water partition coefficient (Wildman–Crippen LogP) is 2.34. The number of nitrogens with zero attached hydrogens (tertiary/aromatic N) is 1. The van der Waals surface area contributed by atoms with Crippen LogP contribution in [-0.2, 0) is 14.3 Å². The van der Waals surface area contributed by atoms with Gasteiger partial charge in [-0.2, -0.15) is 0 Å². The fourth-order valence-electron chi connectivity index (χ4n) is 2.48. The molecule has 6 nitrogen and oxygen atoms in total. The van der Waals surface area contributed by atoms with Crippen molar-refractivity contribution in [2.45, 2.75) is 71.6 Å². The van der Waals surface area contributed by atoms with Gasteiger partial charge in [-0.1, -0.05) is 0 Å². The minimum atomic E-state index is -0.615. The Bertz CT molecular complexity index is 372. The van der Waals surface area contributed by atoms with E-state index >= 15 is 0 Å². The largest absolute Gasteiger partial charge is 0.460 e. The van der Waals surface area contributed by atoms with Crippen LogP contribution in [-0.4, -0.2) is 52.5 Å². The van der Waals surface area contributed by atoms with E-state index in [9.17, 15) is 14.7 Å². The van der Waals surface area contributed by atoms with E-state index in [-0.39, 0.29) is 12.6 Å². The van der Waals surface area contributed by atoms with Crippen LogP contribution in [0.4, 0.5) is 4.79 Å². The van der Waals surface area contributed by atoms with Crippen LogP contribution in [0.5, 0.6) is 0 Å². The summed E-state index contributed by atoms with van der Waals surface area (Å²) in [5, 5.41) is 9.67. The van der Waals surface area contributed by atoms with Gasteiger partial charge in [0.05, 0.1) is 18.6 Å². The van der Waals surface area contributed by atoms with Gasteiger partial charge >= 0.3 is 12.1 Å². The maximum atomic E-state index is 12.3. The molecular formula is C16H29NO5. The number of carbonyl (C=O) groups is 2. The van der Waals surface area contributed by atoms with Crippen LogP contribution in [0, 0.1) is 5.92 Å². The van der Waals surface area contributed by atoms with Gasteiger partial charge < -0.3 is 19.5 Å². The lowest BCUT2D eigenvalue weighted by molar-refractivity contribution is -0.164. The maximum absolute atomic E-state index is 12.3. The van der Waals surface area contributed by atoms with Crippen molar-refractivity contribution in [3.05, 3.63) is 0 Å². The smallest absolute Gasteiger partial charge is 0.410 e. The Morgan fingerprint density at radius 2 is 1.64 bits per heavy atom. The maximum Gasteiger partial charge on any atom is 0.410 e. The Kier molecular flexibility index (Phi) is 5.84. The summed E-state index contributed by atoms with van der Waals surface area (Å²) < 4.78 is 10.8. The second-order valence-electron chi connectivity index (χ2n) is 7.71. The predicted molar refractivity (Wildman–Crippen MR) is 82.4 cm³/mol. The molecule has 0 aromatic rings. The van der Waals surface area contributed by atoms with Crippen molar-refractivity contribution < 1.29 is 24.2 Å². The van der Waals surface area contributed by atoms with E-state index in [1.165, 1.54) is 4.90 Å². The van der Waals surface area contributed by atoms with Gasteiger partial charge in [-0.3, -0.25) is 4.79 Å². The second-order valence-corrected chi connectivity index (χ2v) is 7.71. The molecule has 1 fully saturated rings. The molecule has 128 valence electrons. The van der Waals surface area contributed by atoms with Crippen LogP contribution >= 0.6 is 0 Å². The number of amides is 1. The van der Waals surface area contributed by atoms with E-state index in [4.69, 9.17) is 9.47 Å². The van der Waals surface area contributed by atoms with Gasteiger partial charge in [0, 0.05) is 6.54 Å². The lowest BCUT2D eigenvalue weighted by atomic mass is 9.89. The molecule has 0 aromatic heterocycles. The molecule has 0 aromatic carbocycles. The molecule has 0 spiro atoms. The third-order valence-electron chi connectivity index (χ3n) is 3.30. The van der Waals surface area contributed by atoms with Crippen molar-refractivity contribution >= 4 is 12.1 Å². The summed E-state index contributed by atoms with van der Waals surface area (Å²) >= 11 is 0.